The van der Waals surface area contributed by atoms with Gasteiger partial charge in [0, 0.05) is 55.1 Å². The molecule has 0 saturated carbocycles. The second-order valence-electron chi connectivity index (χ2n) is 9.32. The number of para-hydroxylation sites is 1. The number of allylic oxidation sites excluding steroid dienone is 1. The molecule has 0 radical (unpaired) electrons. The lowest BCUT2D eigenvalue weighted by molar-refractivity contribution is 0.0628. The summed E-state index contributed by atoms with van der Waals surface area (Å²) < 4.78 is 28.8. The van der Waals surface area contributed by atoms with Gasteiger partial charge in [0.25, 0.3) is 15.9 Å². The van der Waals surface area contributed by atoms with Gasteiger partial charge in [0.05, 0.1) is 5.69 Å². The van der Waals surface area contributed by atoms with Crippen LogP contribution in [0.1, 0.15) is 45.7 Å². The first-order chi connectivity index (χ1) is 18.7. The maximum atomic E-state index is 13.1. The number of carbonyl (C=O) groups excluding carboxylic acids is 2. The van der Waals surface area contributed by atoms with Crippen LogP contribution in [-0.2, 0) is 16.6 Å². The summed E-state index contributed by atoms with van der Waals surface area (Å²) in [7, 11) is -3.93. The molecule has 8 nitrogen and oxygen atoms in total. The van der Waals surface area contributed by atoms with Gasteiger partial charge in [0.2, 0.25) is 0 Å². The fourth-order valence-electron chi connectivity index (χ4n) is 4.66. The Bertz CT molecular complexity index is 1510. The Morgan fingerprint density at radius 2 is 1.67 bits per heavy atom. The molecule has 0 bridgehead atoms. The zero-order chi connectivity index (χ0) is 28.0. The molecule has 1 N–H and O–H groups in total. The number of nitrogens with zero attached hydrogens (tertiary/aromatic N) is 3. The van der Waals surface area contributed by atoms with Crippen molar-refractivity contribution >= 4 is 45.9 Å². The van der Waals surface area contributed by atoms with Crippen molar-refractivity contribution in [2.45, 2.75) is 25.3 Å². The monoisotopic (exact) mass is 544 g/mol. The number of anilines is 1. The fourth-order valence-corrected chi connectivity index (χ4v) is 5.92. The molecule has 3 aromatic rings. The minimum Gasteiger partial charge on any atom is -0.336 e. The van der Waals surface area contributed by atoms with Crippen LogP contribution in [0.4, 0.5) is 11.4 Å². The molecule has 0 atom stereocenters. The first-order valence-corrected chi connectivity index (χ1v) is 14.2. The van der Waals surface area contributed by atoms with E-state index in [-0.39, 0.29) is 22.3 Å². The number of hydrogen-bond donors (Lipinski definition) is 1. The molecule has 1 aliphatic heterocycles. The molecule has 0 aliphatic carbocycles. The number of amides is 1. The molecule has 0 spiro atoms. The predicted molar refractivity (Wildman–Crippen MR) is 155 cm³/mol. The van der Waals surface area contributed by atoms with Crippen LogP contribution in [-0.4, -0.2) is 62.8 Å². The van der Waals surface area contributed by atoms with Crippen LogP contribution in [0, 0.1) is 0 Å². The summed E-state index contributed by atoms with van der Waals surface area (Å²) in [6.45, 7) is 10.1. The Hall–Kier alpha value is -4.08. The van der Waals surface area contributed by atoms with Crippen LogP contribution < -0.4 is 4.72 Å². The molecule has 1 aliphatic rings. The van der Waals surface area contributed by atoms with Crippen LogP contribution in [0.5, 0.6) is 0 Å². The Kier molecular flexibility index (Phi) is 8.73. The van der Waals surface area contributed by atoms with Crippen molar-refractivity contribution in [1.82, 2.24) is 9.80 Å². The van der Waals surface area contributed by atoms with Crippen molar-refractivity contribution in [3.63, 3.8) is 0 Å². The number of piperazine rings is 1. The molecule has 3 aromatic carbocycles. The SMILES string of the molecule is C=Nc1c(/C=C\C)cccc1S(=O)(=O)Nc1ccc(C(=O)N2CCN(Cc3ccccc3C(C)=O)CC2)cc1. The number of rotatable bonds is 9. The molecule has 0 unspecified atom stereocenters. The fraction of sp³-hybridized carbons (Fsp3) is 0.233. The van der Waals surface area contributed by atoms with Crippen molar-refractivity contribution in [2.24, 2.45) is 4.99 Å². The Morgan fingerprint density at radius 3 is 2.31 bits per heavy atom. The molecule has 4 rings (SSSR count). The number of carbonyl (C=O) groups is 2. The maximum absolute atomic E-state index is 13.1. The van der Waals surface area contributed by atoms with Crippen LogP contribution in [0.3, 0.4) is 0 Å². The van der Waals surface area contributed by atoms with E-state index in [1.165, 1.54) is 6.07 Å². The quantitative estimate of drug-likeness (QED) is 0.302. The summed E-state index contributed by atoms with van der Waals surface area (Å²) in [6.07, 6.45) is 3.57. The molecular formula is C30H32N4O4S. The smallest absolute Gasteiger partial charge is 0.264 e. The van der Waals surface area contributed by atoms with Gasteiger partial charge in [-0.3, -0.25) is 24.2 Å². The standard InChI is InChI=1S/C30H32N4O4S/c1-4-8-23-10-7-12-28(29(23)31-3)39(37,38)32-26-15-13-24(14-16-26)30(36)34-19-17-33(18-20-34)21-25-9-5-6-11-27(25)22(2)35/h4-16,32H,3,17-21H2,1-2H3/b8-4-. The van der Waals surface area contributed by atoms with Crippen molar-refractivity contribution in [1.29, 1.82) is 0 Å². The summed E-state index contributed by atoms with van der Waals surface area (Å²) in [5, 5.41) is 0. The number of benzene rings is 3. The van der Waals surface area contributed by atoms with Crippen LogP contribution >= 0.6 is 0 Å². The van der Waals surface area contributed by atoms with Gasteiger partial charge in [0.1, 0.15) is 4.90 Å². The summed E-state index contributed by atoms with van der Waals surface area (Å²) in [6, 6.07) is 18.9. The predicted octanol–water partition coefficient (Wildman–Crippen LogP) is 5.01. The molecule has 1 heterocycles. The minimum atomic E-state index is -3.93. The highest BCUT2D eigenvalue weighted by molar-refractivity contribution is 7.92. The van der Waals surface area contributed by atoms with Gasteiger partial charge in [-0.25, -0.2) is 8.42 Å². The van der Waals surface area contributed by atoms with Crippen molar-refractivity contribution in [2.75, 3.05) is 30.9 Å². The van der Waals surface area contributed by atoms with E-state index < -0.39 is 10.0 Å². The van der Waals surface area contributed by atoms with E-state index >= 15 is 0 Å². The summed E-state index contributed by atoms with van der Waals surface area (Å²) in [5.74, 6) is -0.0597. The zero-order valence-corrected chi connectivity index (χ0v) is 22.9. The Labute approximate surface area is 229 Å². The molecule has 39 heavy (non-hydrogen) atoms. The van der Waals surface area contributed by atoms with Gasteiger partial charge < -0.3 is 4.90 Å². The van der Waals surface area contributed by atoms with Crippen LogP contribution in [0.25, 0.3) is 6.08 Å². The van der Waals surface area contributed by atoms with E-state index in [1.807, 2.05) is 31.2 Å². The number of aliphatic imine (C=N–C) groups is 1. The highest BCUT2D eigenvalue weighted by Gasteiger charge is 2.24. The van der Waals surface area contributed by atoms with Crippen molar-refractivity contribution in [3.05, 3.63) is 95.1 Å². The summed E-state index contributed by atoms with van der Waals surface area (Å²) in [5.41, 5.74) is 3.48. The largest absolute Gasteiger partial charge is 0.336 e. The second kappa shape index (κ2) is 12.2. The molecule has 9 heteroatoms. The van der Waals surface area contributed by atoms with E-state index in [9.17, 15) is 18.0 Å². The van der Waals surface area contributed by atoms with E-state index in [0.29, 0.717) is 49.5 Å². The number of ketones is 1. The highest BCUT2D eigenvalue weighted by atomic mass is 32.2. The van der Waals surface area contributed by atoms with Gasteiger partial charge in [-0.05, 0) is 56.5 Å². The normalized spacial score (nSPS) is 14.4. The van der Waals surface area contributed by atoms with Gasteiger partial charge in [0.15, 0.2) is 5.78 Å². The van der Waals surface area contributed by atoms with Gasteiger partial charge >= 0.3 is 0 Å². The molecule has 202 valence electrons. The zero-order valence-electron chi connectivity index (χ0n) is 22.1. The minimum absolute atomic E-state index is 0.0250. The lowest BCUT2D eigenvalue weighted by Gasteiger charge is -2.35. The Balaban J connectivity index is 1.39. The summed E-state index contributed by atoms with van der Waals surface area (Å²) in [4.78, 5) is 33.0. The van der Waals surface area contributed by atoms with Crippen LogP contribution in [0.2, 0.25) is 0 Å². The van der Waals surface area contributed by atoms with Gasteiger partial charge in [-0.2, -0.15) is 0 Å². The first-order valence-electron chi connectivity index (χ1n) is 12.7. The third-order valence-electron chi connectivity index (χ3n) is 6.66. The van der Waals surface area contributed by atoms with Crippen molar-refractivity contribution < 1.29 is 18.0 Å². The number of sulfonamides is 1. The average molecular weight is 545 g/mol. The first kappa shape index (κ1) is 27.9. The number of hydrogen-bond acceptors (Lipinski definition) is 6. The lowest BCUT2D eigenvalue weighted by Crippen LogP contribution is -2.48. The molecule has 1 fully saturated rings. The third-order valence-corrected chi connectivity index (χ3v) is 8.07. The number of nitrogens with one attached hydrogen (secondary N) is 1. The van der Waals surface area contributed by atoms with E-state index in [0.717, 1.165) is 11.1 Å². The Morgan fingerprint density at radius 1 is 0.974 bits per heavy atom. The van der Waals surface area contributed by atoms with E-state index in [2.05, 4.69) is 21.3 Å². The number of Topliss-reactive ketones (excluding diaryl/α,β-unsaturated/α-hetero) is 1. The average Bonchev–Trinajstić information content (AvgIpc) is 2.93. The topological polar surface area (TPSA) is 99.1 Å². The molecular weight excluding hydrogens is 512 g/mol. The van der Waals surface area contributed by atoms with Gasteiger partial charge in [-0.1, -0.05) is 48.6 Å². The highest BCUT2D eigenvalue weighted by Crippen LogP contribution is 2.30. The van der Waals surface area contributed by atoms with E-state index in [1.54, 1.807) is 60.4 Å². The van der Waals surface area contributed by atoms with E-state index in [4.69, 9.17) is 0 Å². The lowest BCUT2D eigenvalue weighted by atomic mass is 10.0. The van der Waals surface area contributed by atoms with Crippen LogP contribution in [0.15, 0.2) is 82.7 Å². The van der Waals surface area contributed by atoms with Gasteiger partial charge in [-0.15, -0.1) is 0 Å². The molecule has 0 aromatic heterocycles. The van der Waals surface area contributed by atoms with Crippen molar-refractivity contribution in [3.8, 4) is 0 Å². The second-order valence-corrected chi connectivity index (χ2v) is 11.0. The third kappa shape index (κ3) is 6.50. The molecule has 1 amide bonds. The summed E-state index contributed by atoms with van der Waals surface area (Å²) >= 11 is 0. The maximum Gasteiger partial charge on any atom is 0.264 e. The molecule has 1 saturated heterocycles.